The average Bonchev–Trinajstić information content (AvgIpc) is 3.23. The lowest BCUT2D eigenvalue weighted by molar-refractivity contribution is -0.137. The SMILES string of the molecule is COc1ccc(F)cc1-c1ccc(-n2ccnc2-c2ccccc2C(F)(F)F)cc1. The fourth-order valence-electron chi connectivity index (χ4n) is 3.34. The molecule has 0 aliphatic heterocycles. The maximum Gasteiger partial charge on any atom is 0.417 e. The smallest absolute Gasteiger partial charge is 0.417 e. The number of rotatable bonds is 4. The Morgan fingerprint density at radius 1 is 0.900 bits per heavy atom. The number of nitrogens with zero attached hydrogens (tertiary/aromatic N) is 2. The summed E-state index contributed by atoms with van der Waals surface area (Å²) in [6.07, 6.45) is -1.45. The van der Waals surface area contributed by atoms with Crippen LogP contribution in [0.2, 0.25) is 0 Å². The van der Waals surface area contributed by atoms with Gasteiger partial charge >= 0.3 is 6.18 Å². The van der Waals surface area contributed by atoms with E-state index in [4.69, 9.17) is 4.74 Å². The second kappa shape index (κ2) is 7.67. The van der Waals surface area contributed by atoms with E-state index in [0.29, 0.717) is 22.6 Å². The van der Waals surface area contributed by atoms with Crippen LogP contribution in [0.4, 0.5) is 17.6 Å². The van der Waals surface area contributed by atoms with Crippen molar-refractivity contribution in [3.8, 4) is 34.0 Å². The summed E-state index contributed by atoms with van der Waals surface area (Å²) in [6.45, 7) is 0. The summed E-state index contributed by atoms with van der Waals surface area (Å²) < 4.78 is 60.9. The van der Waals surface area contributed by atoms with Crippen molar-refractivity contribution < 1.29 is 22.3 Å². The first kappa shape index (κ1) is 19.7. The monoisotopic (exact) mass is 412 g/mol. The highest BCUT2D eigenvalue weighted by atomic mass is 19.4. The number of imidazole rings is 1. The van der Waals surface area contributed by atoms with E-state index in [9.17, 15) is 17.6 Å². The van der Waals surface area contributed by atoms with E-state index in [2.05, 4.69) is 4.98 Å². The van der Waals surface area contributed by atoms with Gasteiger partial charge in [-0.15, -0.1) is 0 Å². The van der Waals surface area contributed by atoms with Crippen molar-refractivity contribution >= 4 is 0 Å². The Balaban J connectivity index is 1.76. The normalized spacial score (nSPS) is 11.5. The minimum atomic E-state index is -4.49. The summed E-state index contributed by atoms with van der Waals surface area (Å²) in [4.78, 5) is 4.15. The molecule has 0 amide bonds. The zero-order valence-electron chi connectivity index (χ0n) is 15.8. The molecule has 30 heavy (non-hydrogen) atoms. The van der Waals surface area contributed by atoms with Crippen molar-refractivity contribution in [2.45, 2.75) is 6.18 Å². The van der Waals surface area contributed by atoms with Crippen molar-refractivity contribution in [2.24, 2.45) is 0 Å². The third-order valence-electron chi connectivity index (χ3n) is 4.73. The zero-order valence-corrected chi connectivity index (χ0v) is 15.8. The molecule has 0 saturated carbocycles. The molecule has 0 saturated heterocycles. The molecule has 152 valence electrons. The van der Waals surface area contributed by atoms with E-state index in [0.717, 1.165) is 6.07 Å². The Kier molecular flexibility index (Phi) is 5.03. The topological polar surface area (TPSA) is 27.1 Å². The van der Waals surface area contributed by atoms with Gasteiger partial charge in [0.05, 0.1) is 12.7 Å². The number of alkyl halides is 3. The quantitative estimate of drug-likeness (QED) is 0.364. The highest BCUT2D eigenvalue weighted by Crippen LogP contribution is 2.37. The molecule has 0 unspecified atom stereocenters. The van der Waals surface area contributed by atoms with Crippen LogP contribution in [-0.4, -0.2) is 16.7 Å². The van der Waals surface area contributed by atoms with Crippen molar-refractivity contribution in [2.75, 3.05) is 7.11 Å². The lowest BCUT2D eigenvalue weighted by atomic mass is 10.0. The number of aromatic nitrogens is 2. The van der Waals surface area contributed by atoms with Crippen LogP contribution in [-0.2, 0) is 6.18 Å². The predicted molar refractivity (Wildman–Crippen MR) is 106 cm³/mol. The van der Waals surface area contributed by atoms with Gasteiger partial charge in [0, 0.05) is 29.2 Å². The van der Waals surface area contributed by atoms with E-state index in [1.807, 2.05) is 0 Å². The van der Waals surface area contributed by atoms with E-state index in [1.54, 1.807) is 47.2 Å². The van der Waals surface area contributed by atoms with Crippen LogP contribution in [0.1, 0.15) is 5.56 Å². The molecule has 7 heteroatoms. The second-order valence-corrected chi connectivity index (χ2v) is 6.56. The van der Waals surface area contributed by atoms with Crippen molar-refractivity contribution in [3.63, 3.8) is 0 Å². The summed E-state index contributed by atoms with van der Waals surface area (Å²) in [6, 6.07) is 16.5. The van der Waals surface area contributed by atoms with Gasteiger partial charge in [-0.25, -0.2) is 9.37 Å². The van der Waals surface area contributed by atoms with Gasteiger partial charge in [-0.1, -0.05) is 30.3 Å². The van der Waals surface area contributed by atoms with Crippen molar-refractivity contribution in [1.82, 2.24) is 9.55 Å². The summed E-state index contributed by atoms with van der Waals surface area (Å²) in [5.41, 5.74) is 1.16. The highest BCUT2D eigenvalue weighted by molar-refractivity contribution is 5.72. The fraction of sp³-hybridized carbons (Fsp3) is 0.0870. The zero-order chi connectivity index (χ0) is 21.3. The molecule has 0 aliphatic rings. The summed E-state index contributed by atoms with van der Waals surface area (Å²) in [5.74, 6) is 0.307. The Hall–Kier alpha value is -3.61. The molecule has 3 nitrogen and oxygen atoms in total. The molecule has 0 radical (unpaired) electrons. The third-order valence-corrected chi connectivity index (χ3v) is 4.73. The first-order valence-corrected chi connectivity index (χ1v) is 9.03. The standard InChI is InChI=1S/C23H16F4N2O/c1-30-21-11-8-16(24)14-19(21)15-6-9-17(10-7-15)29-13-12-28-22(29)18-4-2-3-5-20(18)23(25,26)27/h2-14H,1H3. The molecule has 1 aromatic heterocycles. The number of methoxy groups -OCH3 is 1. The molecule has 0 spiro atoms. The van der Waals surface area contributed by atoms with Gasteiger partial charge in [0.2, 0.25) is 0 Å². The largest absolute Gasteiger partial charge is 0.496 e. The Morgan fingerprint density at radius 2 is 1.63 bits per heavy atom. The number of hydrogen-bond acceptors (Lipinski definition) is 2. The van der Waals surface area contributed by atoms with E-state index >= 15 is 0 Å². The maximum absolute atomic E-state index is 13.7. The number of ether oxygens (including phenoxy) is 1. The Bertz CT molecular complexity index is 1180. The van der Waals surface area contributed by atoms with E-state index in [1.165, 1.54) is 37.6 Å². The molecule has 0 bridgehead atoms. The minimum absolute atomic E-state index is 0.00845. The second-order valence-electron chi connectivity index (χ2n) is 6.56. The van der Waals surface area contributed by atoms with Gasteiger partial charge < -0.3 is 4.74 Å². The van der Waals surface area contributed by atoms with Crippen LogP contribution < -0.4 is 4.74 Å². The minimum Gasteiger partial charge on any atom is -0.496 e. The first-order valence-electron chi connectivity index (χ1n) is 9.03. The summed E-state index contributed by atoms with van der Waals surface area (Å²) >= 11 is 0. The van der Waals surface area contributed by atoms with Gasteiger partial charge in [0.15, 0.2) is 0 Å². The Morgan fingerprint density at radius 3 is 2.33 bits per heavy atom. The van der Waals surface area contributed by atoms with E-state index in [-0.39, 0.29) is 11.4 Å². The van der Waals surface area contributed by atoms with Crippen LogP contribution in [0.15, 0.2) is 79.1 Å². The number of benzene rings is 3. The molecular formula is C23H16F4N2O. The van der Waals surface area contributed by atoms with Crippen LogP contribution in [0.25, 0.3) is 28.2 Å². The molecule has 1 heterocycles. The number of halogens is 4. The highest BCUT2D eigenvalue weighted by Gasteiger charge is 2.34. The lowest BCUT2D eigenvalue weighted by Crippen LogP contribution is -2.08. The van der Waals surface area contributed by atoms with Crippen LogP contribution in [0.3, 0.4) is 0 Å². The summed E-state index contributed by atoms with van der Waals surface area (Å²) in [7, 11) is 1.50. The van der Waals surface area contributed by atoms with Crippen molar-refractivity contribution in [3.05, 3.63) is 90.5 Å². The molecule has 3 aromatic carbocycles. The van der Waals surface area contributed by atoms with Crippen LogP contribution in [0.5, 0.6) is 5.75 Å². The van der Waals surface area contributed by atoms with Gasteiger partial charge in [-0.2, -0.15) is 13.2 Å². The third kappa shape index (κ3) is 3.66. The number of hydrogen-bond donors (Lipinski definition) is 0. The molecule has 0 N–H and O–H groups in total. The van der Waals surface area contributed by atoms with Gasteiger partial charge in [0.25, 0.3) is 0 Å². The van der Waals surface area contributed by atoms with E-state index < -0.39 is 17.6 Å². The van der Waals surface area contributed by atoms with Gasteiger partial charge in [0.1, 0.15) is 17.4 Å². The molecule has 4 rings (SSSR count). The maximum atomic E-state index is 13.7. The van der Waals surface area contributed by atoms with Crippen LogP contribution in [0, 0.1) is 5.82 Å². The summed E-state index contributed by atoms with van der Waals surface area (Å²) in [5, 5.41) is 0. The molecule has 0 fully saturated rings. The average molecular weight is 412 g/mol. The molecular weight excluding hydrogens is 396 g/mol. The lowest BCUT2D eigenvalue weighted by Gasteiger charge is -2.14. The molecule has 0 atom stereocenters. The fourth-order valence-corrected chi connectivity index (χ4v) is 3.34. The van der Waals surface area contributed by atoms with Gasteiger partial charge in [-0.3, -0.25) is 4.57 Å². The molecule has 0 aliphatic carbocycles. The first-order chi connectivity index (χ1) is 14.4. The van der Waals surface area contributed by atoms with Crippen molar-refractivity contribution in [1.29, 1.82) is 0 Å². The molecule has 4 aromatic rings. The van der Waals surface area contributed by atoms with Crippen LogP contribution >= 0.6 is 0 Å². The van der Waals surface area contributed by atoms with Gasteiger partial charge in [-0.05, 0) is 42.0 Å². The predicted octanol–water partition coefficient (Wildman–Crippen LogP) is 6.37. The Labute approximate surface area is 170 Å².